The maximum Gasteiger partial charge on any atom is 0.416 e. The van der Waals surface area contributed by atoms with E-state index in [9.17, 15) is 22.7 Å². The van der Waals surface area contributed by atoms with Gasteiger partial charge < -0.3 is 10.4 Å². The van der Waals surface area contributed by atoms with Crippen molar-refractivity contribution in [3.63, 3.8) is 0 Å². The Kier molecular flexibility index (Phi) is 5.08. The summed E-state index contributed by atoms with van der Waals surface area (Å²) >= 11 is 0. The molecule has 0 radical (unpaired) electrons. The Hall–Kier alpha value is -1.60. The van der Waals surface area contributed by atoms with Crippen molar-refractivity contribution in [2.24, 2.45) is 0 Å². The molecule has 122 valence electrons. The van der Waals surface area contributed by atoms with Gasteiger partial charge in [-0.05, 0) is 18.6 Å². The lowest BCUT2D eigenvalue weighted by Crippen LogP contribution is -2.45. The zero-order valence-electron chi connectivity index (χ0n) is 12.0. The molecule has 1 heterocycles. The van der Waals surface area contributed by atoms with E-state index in [0.717, 1.165) is 0 Å². The second-order valence-corrected chi connectivity index (χ2v) is 5.18. The third kappa shape index (κ3) is 3.41. The molecule has 7 heteroatoms. The summed E-state index contributed by atoms with van der Waals surface area (Å²) in [5, 5.41) is 13.0. The van der Waals surface area contributed by atoms with Gasteiger partial charge in [-0.15, -0.1) is 6.58 Å². The van der Waals surface area contributed by atoms with Gasteiger partial charge in [0, 0.05) is 37.8 Å². The van der Waals surface area contributed by atoms with E-state index < -0.39 is 34.9 Å². The number of aromatic hydroxyl groups is 1. The van der Waals surface area contributed by atoms with Gasteiger partial charge in [0.1, 0.15) is 0 Å². The number of nitrogens with zero attached hydrogens (tertiary/aromatic N) is 1. The Morgan fingerprint density at radius 1 is 1.32 bits per heavy atom. The molecule has 0 aromatic heterocycles. The third-order valence-corrected chi connectivity index (χ3v) is 3.79. The molecule has 1 aromatic rings. The molecule has 1 aliphatic heterocycles. The minimum absolute atomic E-state index is 0.195. The summed E-state index contributed by atoms with van der Waals surface area (Å²) < 4.78 is 53.4. The highest BCUT2D eigenvalue weighted by atomic mass is 19.4. The highest BCUT2D eigenvalue weighted by Crippen LogP contribution is 2.43. The van der Waals surface area contributed by atoms with Crippen molar-refractivity contribution in [2.45, 2.75) is 18.6 Å². The fourth-order valence-electron chi connectivity index (χ4n) is 2.77. The van der Waals surface area contributed by atoms with Crippen molar-refractivity contribution >= 4 is 0 Å². The maximum atomic E-state index is 13.6. The molecule has 2 N–H and O–H groups in total. The molecule has 3 nitrogen and oxygen atoms in total. The molecule has 2 rings (SSSR count). The highest BCUT2D eigenvalue weighted by Gasteiger charge is 2.39. The normalized spacial score (nSPS) is 18.2. The summed E-state index contributed by atoms with van der Waals surface area (Å²) in [6, 6.07) is 0.569. The SMILES string of the molecule is C=CC[C@H](c1c(C(F)(F)F)ccc(F)c1O)N1CCNCC1. The van der Waals surface area contributed by atoms with Crippen LogP contribution in [-0.2, 0) is 6.18 Å². The number of benzene rings is 1. The van der Waals surface area contributed by atoms with E-state index in [0.29, 0.717) is 38.3 Å². The molecule has 1 aromatic carbocycles. The van der Waals surface area contributed by atoms with Crippen molar-refractivity contribution in [1.29, 1.82) is 0 Å². The van der Waals surface area contributed by atoms with Gasteiger partial charge in [-0.1, -0.05) is 6.08 Å². The summed E-state index contributed by atoms with van der Waals surface area (Å²) in [6.45, 7) is 5.87. The molecule has 1 atom stereocenters. The van der Waals surface area contributed by atoms with E-state index in [4.69, 9.17) is 0 Å². The second kappa shape index (κ2) is 6.66. The molecule has 0 aliphatic carbocycles. The van der Waals surface area contributed by atoms with Gasteiger partial charge in [0.15, 0.2) is 11.6 Å². The lowest BCUT2D eigenvalue weighted by molar-refractivity contribution is -0.139. The van der Waals surface area contributed by atoms with E-state index in [1.807, 2.05) is 4.90 Å². The number of rotatable bonds is 4. The molecule has 1 aliphatic rings. The standard InChI is InChI=1S/C15H18F4N2O/c1-2-3-12(21-8-6-20-7-9-21)13-10(15(17,18)19)4-5-11(16)14(13)22/h2,4-5,12,20,22H,1,3,6-9H2/t12-/m1/s1. The van der Waals surface area contributed by atoms with Gasteiger partial charge in [0.2, 0.25) is 0 Å². The molecule has 1 saturated heterocycles. The summed E-state index contributed by atoms with van der Waals surface area (Å²) in [7, 11) is 0. The van der Waals surface area contributed by atoms with Crippen LogP contribution in [0, 0.1) is 5.82 Å². The van der Waals surface area contributed by atoms with Gasteiger partial charge in [0.25, 0.3) is 0 Å². The number of alkyl halides is 3. The number of hydrogen-bond donors (Lipinski definition) is 2. The van der Waals surface area contributed by atoms with Crippen LogP contribution in [0.15, 0.2) is 24.8 Å². The molecule has 1 fully saturated rings. The number of phenols is 1. The number of halogens is 4. The van der Waals surface area contributed by atoms with Gasteiger partial charge in [-0.2, -0.15) is 13.2 Å². The molecule has 0 amide bonds. The maximum absolute atomic E-state index is 13.6. The van der Waals surface area contributed by atoms with E-state index in [2.05, 4.69) is 11.9 Å². The van der Waals surface area contributed by atoms with Crippen molar-refractivity contribution < 1.29 is 22.7 Å². The highest BCUT2D eigenvalue weighted by molar-refractivity contribution is 5.44. The van der Waals surface area contributed by atoms with E-state index >= 15 is 0 Å². The topological polar surface area (TPSA) is 35.5 Å². The van der Waals surface area contributed by atoms with Crippen LogP contribution in [0.5, 0.6) is 5.75 Å². The summed E-state index contributed by atoms with van der Waals surface area (Å²) in [5.74, 6) is -1.98. The van der Waals surface area contributed by atoms with Crippen LogP contribution >= 0.6 is 0 Å². The minimum Gasteiger partial charge on any atom is -0.505 e. The molecule has 0 spiro atoms. The van der Waals surface area contributed by atoms with Gasteiger partial charge in [0.05, 0.1) is 5.56 Å². The quantitative estimate of drug-likeness (QED) is 0.661. The Bertz CT molecular complexity index is 539. The lowest BCUT2D eigenvalue weighted by Gasteiger charge is -2.36. The average molecular weight is 318 g/mol. The fourth-order valence-corrected chi connectivity index (χ4v) is 2.77. The average Bonchev–Trinajstić information content (AvgIpc) is 2.47. The van der Waals surface area contributed by atoms with E-state index in [-0.39, 0.29) is 6.42 Å². The predicted octanol–water partition coefficient (Wildman–Crippen LogP) is 3.07. The van der Waals surface area contributed by atoms with Crippen LogP contribution in [0.4, 0.5) is 17.6 Å². The lowest BCUT2D eigenvalue weighted by atomic mass is 9.94. The smallest absolute Gasteiger partial charge is 0.416 e. The zero-order chi connectivity index (χ0) is 16.3. The van der Waals surface area contributed by atoms with Crippen molar-refractivity contribution in [2.75, 3.05) is 26.2 Å². The number of nitrogens with one attached hydrogen (secondary N) is 1. The summed E-state index contributed by atoms with van der Waals surface area (Å²) in [4.78, 5) is 1.81. The first-order valence-electron chi connectivity index (χ1n) is 7.00. The van der Waals surface area contributed by atoms with E-state index in [1.165, 1.54) is 6.08 Å². The fraction of sp³-hybridized carbons (Fsp3) is 0.467. The van der Waals surface area contributed by atoms with Crippen molar-refractivity contribution in [1.82, 2.24) is 10.2 Å². The molecule has 22 heavy (non-hydrogen) atoms. The van der Waals surface area contributed by atoms with Gasteiger partial charge in [-0.25, -0.2) is 4.39 Å². The second-order valence-electron chi connectivity index (χ2n) is 5.18. The third-order valence-electron chi connectivity index (χ3n) is 3.79. The number of hydrogen-bond acceptors (Lipinski definition) is 3. The van der Waals surface area contributed by atoms with Crippen LogP contribution in [0.2, 0.25) is 0 Å². The van der Waals surface area contributed by atoms with Crippen LogP contribution in [0.25, 0.3) is 0 Å². The first-order chi connectivity index (χ1) is 10.4. The molecule has 0 saturated carbocycles. The monoisotopic (exact) mass is 318 g/mol. The Balaban J connectivity index is 2.53. The summed E-state index contributed by atoms with van der Waals surface area (Å²) in [5.41, 5.74) is -1.41. The van der Waals surface area contributed by atoms with E-state index in [1.54, 1.807) is 0 Å². The minimum atomic E-state index is -4.66. The summed E-state index contributed by atoms with van der Waals surface area (Å²) in [6.07, 6.45) is -2.98. The zero-order valence-corrected chi connectivity index (χ0v) is 12.0. The first-order valence-corrected chi connectivity index (χ1v) is 7.00. The molecule has 0 unspecified atom stereocenters. The van der Waals surface area contributed by atoms with Gasteiger partial charge in [-0.3, -0.25) is 4.90 Å². The largest absolute Gasteiger partial charge is 0.505 e. The number of piperazine rings is 1. The Morgan fingerprint density at radius 3 is 2.50 bits per heavy atom. The van der Waals surface area contributed by atoms with Gasteiger partial charge >= 0.3 is 6.18 Å². The Labute approximate surface area is 126 Å². The molecule has 0 bridgehead atoms. The van der Waals surface area contributed by atoms with Crippen LogP contribution in [0.1, 0.15) is 23.6 Å². The van der Waals surface area contributed by atoms with Crippen molar-refractivity contribution in [3.05, 3.63) is 41.7 Å². The Morgan fingerprint density at radius 2 is 1.95 bits per heavy atom. The van der Waals surface area contributed by atoms with Crippen LogP contribution < -0.4 is 5.32 Å². The molecular weight excluding hydrogens is 300 g/mol. The predicted molar refractivity (Wildman–Crippen MR) is 75.1 cm³/mol. The number of phenolic OH excluding ortho intramolecular Hbond substituents is 1. The molecular formula is C15H18F4N2O. The first kappa shape index (κ1) is 16.8. The van der Waals surface area contributed by atoms with Crippen LogP contribution in [0.3, 0.4) is 0 Å². The van der Waals surface area contributed by atoms with Crippen LogP contribution in [-0.4, -0.2) is 36.2 Å². The van der Waals surface area contributed by atoms with Crippen molar-refractivity contribution in [3.8, 4) is 5.75 Å².